The summed E-state index contributed by atoms with van der Waals surface area (Å²) in [4.78, 5) is 10.7. The maximum absolute atomic E-state index is 10.7. The molecule has 0 aliphatic carbocycles. The molecule has 12 heavy (non-hydrogen) atoms. The van der Waals surface area contributed by atoms with Crippen LogP contribution in [0.25, 0.3) is 0 Å². The third kappa shape index (κ3) is 4.64. The molecule has 0 fully saturated rings. The molecule has 0 aliphatic rings. The molecule has 1 rings (SSSR count). The molecule has 0 bridgehead atoms. The van der Waals surface area contributed by atoms with Gasteiger partial charge in [0.15, 0.2) is 0 Å². The summed E-state index contributed by atoms with van der Waals surface area (Å²) in [5.41, 5.74) is 0. The minimum atomic E-state index is -0.334. The molecule has 0 spiro atoms. The van der Waals surface area contributed by atoms with E-state index in [9.17, 15) is 4.79 Å². The van der Waals surface area contributed by atoms with Gasteiger partial charge in [0.05, 0.1) is 5.75 Å². The molecule has 0 atom stereocenters. The molecule has 2 nitrogen and oxygen atoms in total. The summed E-state index contributed by atoms with van der Waals surface area (Å²) in [6.07, 6.45) is 0. The molecule has 1 aromatic rings. The van der Waals surface area contributed by atoms with Crippen LogP contribution in [-0.2, 0) is 4.79 Å². The van der Waals surface area contributed by atoms with E-state index in [1.807, 2.05) is 6.07 Å². The standard InChI is InChI=1S/C8H8O2S.K.H/c9-8(6-11)10-7-4-2-1-3-5-7;;/h1-5,11H,6H2;;/q;+1;-1. The van der Waals surface area contributed by atoms with E-state index in [4.69, 9.17) is 4.74 Å². The van der Waals surface area contributed by atoms with Crippen LogP contribution in [0.2, 0.25) is 0 Å². The van der Waals surface area contributed by atoms with Crippen LogP contribution in [0.4, 0.5) is 0 Å². The Balaban J connectivity index is 0. The first-order valence-corrected chi connectivity index (χ1v) is 3.83. The SMILES string of the molecule is O=C(CS)Oc1ccccc1.[H-].[K+]. The van der Waals surface area contributed by atoms with Gasteiger partial charge >= 0.3 is 57.4 Å². The zero-order chi connectivity index (χ0) is 8.10. The van der Waals surface area contributed by atoms with Crippen molar-refractivity contribution < 1.29 is 62.3 Å². The van der Waals surface area contributed by atoms with Crippen LogP contribution in [-0.4, -0.2) is 11.7 Å². The van der Waals surface area contributed by atoms with Crippen LogP contribution in [0.1, 0.15) is 1.43 Å². The maximum Gasteiger partial charge on any atom is 1.00 e. The molecular formula is C8H9KO2S. The predicted molar refractivity (Wildman–Crippen MR) is 47.0 cm³/mol. The minimum Gasteiger partial charge on any atom is -1.00 e. The van der Waals surface area contributed by atoms with Crippen LogP contribution >= 0.6 is 12.6 Å². The first-order chi connectivity index (χ1) is 5.33. The second kappa shape index (κ2) is 7.12. The van der Waals surface area contributed by atoms with Gasteiger partial charge in [-0.15, -0.1) is 0 Å². The van der Waals surface area contributed by atoms with Crippen LogP contribution in [0.3, 0.4) is 0 Å². The van der Waals surface area contributed by atoms with Gasteiger partial charge < -0.3 is 6.16 Å². The van der Waals surface area contributed by atoms with Crippen molar-refractivity contribution in [2.45, 2.75) is 0 Å². The Morgan fingerprint density at radius 1 is 1.42 bits per heavy atom. The van der Waals surface area contributed by atoms with E-state index in [0.29, 0.717) is 5.75 Å². The average Bonchev–Trinajstić information content (AvgIpc) is 2.06. The molecule has 60 valence electrons. The number of benzene rings is 1. The summed E-state index contributed by atoms with van der Waals surface area (Å²) in [6.45, 7) is 0. The Hall–Kier alpha value is 0.676. The largest absolute Gasteiger partial charge is 1.00 e. The Bertz CT molecular complexity index is 243. The van der Waals surface area contributed by atoms with E-state index >= 15 is 0 Å². The molecule has 0 N–H and O–H groups in total. The van der Waals surface area contributed by atoms with E-state index in [2.05, 4.69) is 12.6 Å². The number of hydrogen-bond acceptors (Lipinski definition) is 3. The number of thiol groups is 1. The fourth-order valence-corrected chi connectivity index (χ4v) is 0.717. The van der Waals surface area contributed by atoms with Gasteiger partial charge in [-0.25, -0.2) is 0 Å². The molecule has 0 saturated heterocycles. The smallest absolute Gasteiger partial charge is 1.00 e. The van der Waals surface area contributed by atoms with Crippen LogP contribution in [0.15, 0.2) is 30.3 Å². The molecule has 0 unspecified atom stereocenters. The second-order valence-corrected chi connectivity index (χ2v) is 2.26. The number of carbonyl (C=O) groups is 1. The third-order valence-electron chi connectivity index (χ3n) is 1.10. The summed E-state index contributed by atoms with van der Waals surface area (Å²) in [5.74, 6) is 0.334. The fourth-order valence-electron chi connectivity index (χ4n) is 0.652. The first-order valence-electron chi connectivity index (χ1n) is 3.19. The zero-order valence-electron chi connectivity index (χ0n) is 7.86. The van der Waals surface area contributed by atoms with Crippen molar-refractivity contribution >= 4 is 18.6 Å². The van der Waals surface area contributed by atoms with Gasteiger partial charge in [-0.2, -0.15) is 12.6 Å². The fraction of sp³-hybridized carbons (Fsp3) is 0.125. The van der Waals surface area contributed by atoms with Gasteiger partial charge in [0.25, 0.3) is 0 Å². The molecule has 1 aromatic carbocycles. The van der Waals surface area contributed by atoms with Crippen molar-refractivity contribution in [1.29, 1.82) is 0 Å². The van der Waals surface area contributed by atoms with Crippen molar-refractivity contribution in [2.75, 3.05) is 5.75 Å². The number of rotatable bonds is 2. The first kappa shape index (κ1) is 12.7. The molecule has 0 radical (unpaired) electrons. The van der Waals surface area contributed by atoms with Crippen LogP contribution < -0.4 is 56.1 Å². The van der Waals surface area contributed by atoms with Crippen molar-refractivity contribution in [3.63, 3.8) is 0 Å². The molecule has 0 heterocycles. The Morgan fingerprint density at radius 2 is 2.00 bits per heavy atom. The monoisotopic (exact) mass is 208 g/mol. The van der Waals surface area contributed by atoms with Gasteiger partial charge in [0.2, 0.25) is 0 Å². The summed E-state index contributed by atoms with van der Waals surface area (Å²) in [7, 11) is 0. The quantitative estimate of drug-likeness (QED) is 0.281. The molecular weight excluding hydrogens is 199 g/mol. The average molecular weight is 208 g/mol. The van der Waals surface area contributed by atoms with Crippen molar-refractivity contribution in [2.24, 2.45) is 0 Å². The maximum atomic E-state index is 10.7. The van der Waals surface area contributed by atoms with Crippen molar-refractivity contribution in [1.82, 2.24) is 0 Å². The summed E-state index contributed by atoms with van der Waals surface area (Å²) in [5, 5.41) is 0. The van der Waals surface area contributed by atoms with Crippen molar-refractivity contribution in [3.8, 4) is 5.75 Å². The number of esters is 1. The van der Waals surface area contributed by atoms with Crippen LogP contribution in [0, 0.1) is 0 Å². The predicted octanol–water partition coefficient (Wildman–Crippen LogP) is -1.36. The second-order valence-electron chi connectivity index (χ2n) is 1.95. The molecule has 0 saturated carbocycles. The summed E-state index contributed by atoms with van der Waals surface area (Å²) < 4.78 is 4.85. The van der Waals surface area contributed by atoms with Crippen LogP contribution in [0.5, 0.6) is 5.75 Å². The van der Waals surface area contributed by atoms with Gasteiger partial charge in [-0.1, -0.05) is 18.2 Å². The summed E-state index contributed by atoms with van der Waals surface area (Å²) in [6, 6.07) is 8.92. The molecule has 0 amide bonds. The van der Waals surface area contributed by atoms with Gasteiger partial charge in [0, 0.05) is 0 Å². The number of hydrogen-bond donors (Lipinski definition) is 1. The number of para-hydroxylation sites is 1. The topological polar surface area (TPSA) is 26.3 Å². The van der Waals surface area contributed by atoms with Gasteiger partial charge in [0.1, 0.15) is 5.75 Å². The number of carbonyl (C=O) groups excluding carboxylic acids is 1. The van der Waals surface area contributed by atoms with Gasteiger partial charge in [-0.3, -0.25) is 4.79 Å². The van der Waals surface area contributed by atoms with E-state index in [1.165, 1.54) is 0 Å². The van der Waals surface area contributed by atoms with E-state index < -0.39 is 0 Å². The van der Waals surface area contributed by atoms with E-state index in [1.54, 1.807) is 24.3 Å². The number of ether oxygens (including phenoxy) is 1. The Labute approximate surface area is 121 Å². The van der Waals surface area contributed by atoms with E-state index in [0.717, 1.165) is 0 Å². The van der Waals surface area contributed by atoms with Crippen molar-refractivity contribution in [3.05, 3.63) is 30.3 Å². The zero-order valence-corrected chi connectivity index (χ0v) is 10.9. The molecule has 0 aliphatic heterocycles. The Morgan fingerprint density at radius 3 is 2.50 bits per heavy atom. The minimum absolute atomic E-state index is 0. The Kier molecular flexibility index (Phi) is 7.52. The normalized spacial score (nSPS) is 8.42. The summed E-state index contributed by atoms with van der Waals surface area (Å²) >= 11 is 3.77. The molecule has 0 aromatic heterocycles. The van der Waals surface area contributed by atoms with Gasteiger partial charge in [-0.05, 0) is 12.1 Å². The van der Waals surface area contributed by atoms with E-state index in [-0.39, 0.29) is 64.5 Å². The molecule has 4 heteroatoms. The third-order valence-corrected chi connectivity index (χ3v) is 1.36.